The molecular weight excluding hydrogens is 345 g/mol. The van der Waals surface area contributed by atoms with Crippen molar-refractivity contribution in [1.29, 1.82) is 0 Å². The molecule has 0 N–H and O–H groups in total. The third-order valence-electron chi connectivity index (χ3n) is 4.88. The van der Waals surface area contributed by atoms with Crippen LogP contribution in [0.2, 0.25) is 0 Å². The van der Waals surface area contributed by atoms with Crippen molar-refractivity contribution in [3.05, 3.63) is 29.6 Å². The number of alkyl halides is 2. The lowest BCUT2D eigenvalue weighted by atomic mass is 9.84. The largest absolute Gasteiger partial charge is 0.434 e. The van der Waals surface area contributed by atoms with Gasteiger partial charge in [-0.2, -0.15) is 8.78 Å². The molecule has 8 heteroatoms. The van der Waals surface area contributed by atoms with E-state index in [1.54, 1.807) is 0 Å². The van der Waals surface area contributed by atoms with Gasteiger partial charge in [-0.05, 0) is 37.8 Å². The average molecular weight is 362 g/mol. The lowest BCUT2D eigenvalue weighted by Gasteiger charge is -2.38. The molecule has 0 radical (unpaired) electrons. The number of rotatable bonds is 4. The fraction of sp³-hybridized carbons (Fsp3) is 0.562. The fourth-order valence-electron chi connectivity index (χ4n) is 3.76. The normalized spacial score (nSPS) is 28.6. The molecule has 2 atom stereocenters. The van der Waals surface area contributed by atoms with Crippen molar-refractivity contribution in [1.82, 2.24) is 0 Å². The second-order valence-corrected chi connectivity index (χ2v) is 8.80. The molecule has 0 aliphatic carbocycles. The lowest BCUT2D eigenvalue weighted by Crippen LogP contribution is -2.45. The van der Waals surface area contributed by atoms with E-state index in [1.165, 1.54) is 6.07 Å². The summed E-state index contributed by atoms with van der Waals surface area (Å²) in [6.07, 6.45) is 1.98. The predicted octanol–water partition coefficient (Wildman–Crippen LogP) is 3.36. The Morgan fingerprint density at radius 1 is 1.17 bits per heavy atom. The maximum atomic E-state index is 14.1. The van der Waals surface area contributed by atoms with Crippen LogP contribution in [0.3, 0.4) is 0 Å². The van der Waals surface area contributed by atoms with E-state index < -0.39 is 55.8 Å². The molecule has 0 amide bonds. The third kappa shape index (κ3) is 3.03. The van der Waals surface area contributed by atoms with E-state index in [-0.39, 0.29) is 12.8 Å². The molecule has 2 bridgehead atoms. The Kier molecular flexibility index (Phi) is 4.59. The van der Waals surface area contributed by atoms with Crippen LogP contribution in [0, 0.1) is 11.7 Å². The minimum absolute atomic E-state index is 0.111. The number of ketones is 1. The van der Waals surface area contributed by atoms with Gasteiger partial charge in [-0.15, -0.1) is 0 Å². The van der Waals surface area contributed by atoms with Crippen LogP contribution in [-0.2, 0) is 9.84 Å². The molecule has 24 heavy (non-hydrogen) atoms. The molecule has 0 aromatic heterocycles. The molecular formula is C16H17F3O4S. The van der Waals surface area contributed by atoms with Crippen molar-refractivity contribution < 1.29 is 31.1 Å². The van der Waals surface area contributed by atoms with Gasteiger partial charge >= 0.3 is 6.61 Å². The summed E-state index contributed by atoms with van der Waals surface area (Å²) in [5.74, 6) is -2.79. The highest BCUT2D eigenvalue weighted by Gasteiger charge is 2.46. The number of hydrogen-bond donors (Lipinski definition) is 0. The summed E-state index contributed by atoms with van der Waals surface area (Å²) in [5, 5.41) is -1.21. The number of sulfone groups is 1. The van der Waals surface area contributed by atoms with Crippen molar-refractivity contribution in [3.63, 3.8) is 0 Å². The molecule has 2 heterocycles. The molecule has 4 nitrogen and oxygen atoms in total. The van der Waals surface area contributed by atoms with Gasteiger partial charge in [-0.3, -0.25) is 4.79 Å². The summed E-state index contributed by atoms with van der Waals surface area (Å²) in [4.78, 5) is 12.7. The molecule has 2 fully saturated rings. The van der Waals surface area contributed by atoms with Crippen LogP contribution in [0.4, 0.5) is 13.2 Å². The van der Waals surface area contributed by atoms with Crippen LogP contribution in [0.25, 0.3) is 0 Å². The SMILES string of the molecule is O=C(c1c(F)cccc1OC(F)F)C1CC2CCCC(C1)S2(=O)=O. The molecule has 1 aromatic carbocycles. The van der Waals surface area contributed by atoms with E-state index >= 15 is 0 Å². The summed E-state index contributed by atoms with van der Waals surface area (Å²) in [6.45, 7) is -3.18. The zero-order valence-electron chi connectivity index (χ0n) is 12.8. The summed E-state index contributed by atoms with van der Waals surface area (Å²) in [5.41, 5.74) is -0.514. The van der Waals surface area contributed by atoms with E-state index in [9.17, 15) is 26.4 Å². The zero-order chi connectivity index (χ0) is 17.5. The fourth-order valence-corrected chi connectivity index (χ4v) is 6.30. The van der Waals surface area contributed by atoms with Crippen LogP contribution in [0.5, 0.6) is 5.75 Å². The smallest absolute Gasteiger partial charge is 0.387 e. The standard InChI is InChI=1S/C16H17F3O4S/c17-12-5-2-6-13(23-16(18)19)14(12)15(20)9-7-10-3-1-4-11(8-9)24(10,21)22/h2,5-6,9-11,16H,1,3-4,7-8H2. The average Bonchev–Trinajstić information content (AvgIpc) is 2.45. The Morgan fingerprint density at radius 3 is 2.38 bits per heavy atom. The van der Waals surface area contributed by atoms with Gasteiger partial charge in [0.25, 0.3) is 0 Å². The first-order valence-corrected chi connectivity index (χ1v) is 9.42. The monoisotopic (exact) mass is 362 g/mol. The topological polar surface area (TPSA) is 60.4 Å². The van der Waals surface area contributed by atoms with Crippen LogP contribution in [0.1, 0.15) is 42.5 Å². The number of hydrogen-bond acceptors (Lipinski definition) is 4. The van der Waals surface area contributed by atoms with E-state index in [0.29, 0.717) is 12.8 Å². The van der Waals surface area contributed by atoms with Crippen molar-refractivity contribution in [3.8, 4) is 5.75 Å². The van der Waals surface area contributed by atoms with E-state index in [2.05, 4.69) is 4.74 Å². The van der Waals surface area contributed by atoms with Crippen LogP contribution >= 0.6 is 0 Å². The van der Waals surface area contributed by atoms with Gasteiger partial charge in [0.15, 0.2) is 15.6 Å². The maximum Gasteiger partial charge on any atom is 0.387 e. The van der Waals surface area contributed by atoms with Crippen molar-refractivity contribution in [2.75, 3.05) is 0 Å². The highest BCUT2D eigenvalue weighted by molar-refractivity contribution is 7.92. The minimum Gasteiger partial charge on any atom is -0.434 e. The van der Waals surface area contributed by atoms with Crippen LogP contribution < -0.4 is 4.74 Å². The van der Waals surface area contributed by atoms with Gasteiger partial charge in [0.05, 0.1) is 16.1 Å². The summed E-state index contributed by atoms with van der Waals surface area (Å²) < 4.78 is 67.9. The first-order valence-electron chi connectivity index (χ1n) is 7.81. The Hall–Kier alpha value is -1.57. The predicted molar refractivity (Wildman–Crippen MR) is 80.4 cm³/mol. The van der Waals surface area contributed by atoms with Gasteiger partial charge in [-0.1, -0.05) is 12.5 Å². The van der Waals surface area contributed by atoms with Crippen molar-refractivity contribution in [2.45, 2.75) is 49.2 Å². The molecule has 0 spiro atoms. The lowest BCUT2D eigenvalue weighted by molar-refractivity contribution is -0.0503. The number of Topliss-reactive ketones (excluding diaryl/α,β-unsaturated/α-hetero) is 1. The number of ether oxygens (including phenoxy) is 1. The Balaban J connectivity index is 1.91. The maximum absolute atomic E-state index is 14.1. The van der Waals surface area contributed by atoms with Gasteiger partial charge < -0.3 is 4.74 Å². The van der Waals surface area contributed by atoms with E-state index in [1.807, 2.05) is 0 Å². The van der Waals surface area contributed by atoms with Crippen molar-refractivity contribution >= 4 is 15.6 Å². The quantitative estimate of drug-likeness (QED) is 0.771. The second kappa shape index (κ2) is 6.38. The highest BCUT2D eigenvalue weighted by Crippen LogP contribution is 2.41. The van der Waals surface area contributed by atoms with Crippen LogP contribution in [-0.4, -0.2) is 31.3 Å². The van der Waals surface area contributed by atoms with Gasteiger partial charge in [0.1, 0.15) is 11.6 Å². The van der Waals surface area contributed by atoms with Gasteiger partial charge in [-0.25, -0.2) is 12.8 Å². The van der Waals surface area contributed by atoms with Crippen LogP contribution in [0.15, 0.2) is 18.2 Å². The third-order valence-corrected chi connectivity index (χ3v) is 7.60. The number of halogens is 3. The minimum atomic E-state index is -3.25. The molecule has 1 aromatic rings. The Bertz CT molecular complexity index is 728. The molecule has 2 aliphatic heterocycles. The van der Waals surface area contributed by atoms with E-state index in [0.717, 1.165) is 18.6 Å². The first kappa shape index (κ1) is 17.3. The zero-order valence-corrected chi connectivity index (χ0v) is 13.6. The highest BCUT2D eigenvalue weighted by atomic mass is 32.2. The second-order valence-electron chi connectivity index (χ2n) is 6.29. The van der Waals surface area contributed by atoms with Gasteiger partial charge in [0, 0.05) is 5.92 Å². The molecule has 2 saturated heterocycles. The molecule has 0 saturated carbocycles. The van der Waals surface area contributed by atoms with Gasteiger partial charge in [0.2, 0.25) is 0 Å². The molecule has 2 aliphatic rings. The Morgan fingerprint density at radius 2 is 1.79 bits per heavy atom. The first-order chi connectivity index (χ1) is 11.3. The Labute approximate surface area is 137 Å². The summed E-state index contributed by atoms with van der Waals surface area (Å²) >= 11 is 0. The van der Waals surface area contributed by atoms with E-state index in [4.69, 9.17) is 0 Å². The van der Waals surface area contributed by atoms with Crippen molar-refractivity contribution in [2.24, 2.45) is 5.92 Å². The number of carbonyl (C=O) groups excluding carboxylic acids is 1. The number of carbonyl (C=O) groups is 1. The summed E-state index contributed by atoms with van der Waals surface area (Å²) in [7, 11) is -3.25. The summed E-state index contributed by atoms with van der Waals surface area (Å²) in [6, 6.07) is 3.30. The molecule has 2 unspecified atom stereocenters. The molecule has 3 rings (SSSR count). The number of benzene rings is 1. The number of fused-ring (bicyclic) bond motifs is 2. The molecule has 132 valence electrons.